The molecule has 0 aliphatic rings. The minimum atomic E-state index is -0.905. The zero-order valence-electron chi connectivity index (χ0n) is 10.9. The van der Waals surface area contributed by atoms with Crippen molar-refractivity contribution in [3.05, 3.63) is 62.5 Å². The normalized spacial score (nSPS) is 10.7. The van der Waals surface area contributed by atoms with Gasteiger partial charge in [0.25, 0.3) is 0 Å². The van der Waals surface area contributed by atoms with Gasteiger partial charge in [0.1, 0.15) is 17.2 Å². The molecule has 0 aliphatic carbocycles. The molecule has 0 fully saturated rings. The second-order valence-corrected chi connectivity index (χ2v) is 6.75. The van der Waals surface area contributed by atoms with Gasteiger partial charge in [-0.05, 0) is 52.2 Å². The average Bonchev–Trinajstić information content (AvgIpc) is 2.84. The number of hydrogen-bond donors (Lipinski definition) is 1. The fraction of sp³-hybridized carbons (Fsp3) is 0.0625. The zero-order chi connectivity index (χ0) is 14.8. The second kappa shape index (κ2) is 6.03. The molecule has 0 radical (unpaired) electrons. The molecule has 0 atom stereocenters. The molecule has 1 N–H and O–H groups in total. The lowest BCUT2D eigenvalue weighted by Crippen LogP contribution is -2.02. The summed E-state index contributed by atoms with van der Waals surface area (Å²) in [7, 11) is 0. The zero-order valence-corrected chi connectivity index (χ0v) is 13.8. The molecule has 0 unspecified atom stereocenters. The first kappa shape index (κ1) is 14.3. The molecule has 0 aliphatic heterocycles. The van der Waals surface area contributed by atoms with Gasteiger partial charge in [0, 0.05) is 13.8 Å². The lowest BCUT2D eigenvalue weighted by Gasteiger charge is -2.07. The van der Waals surface area contributed by atoms with Crippen LogP contribution < -0.4 is 4.74 Å². The summed E-state index contributed by atoms with van der Waals surface area (Å²) in [6, 6.07) is 15.4. The second-order valence-electron chi connectivity index (χ2n) is 4.46. The van der Waals surface area contributed by atoms with Crippen molar-refractivity contribution in [2.24, 2.45) is 0 Å². The highest BCUT2D eigenvalue weighted by Crippen LogP contribution is 2.32. The Morgan fingerprint density at radius 3 is 2.76 bits per heavy atom. The molecule has 0 spiro atoms. The molecular formula is C16H11IO3S. The number of fused-ring (bicyclic) bond motifs is 1. The van der Waals surface area contributed by atoms with Crippen LogP contribution in [-0.4, -0.2) is 11.1 Å². The number of thiophene rings is 1. The van der Waals surface area contributed by atoms with E-state index in [2.05, 4.69) is 22.6 Å². The molecule has 2 aromatic carbocycles. The van der Waals surface area contributed by atoms with Crippen molar-refractivity contribution >= 4 is 50.0 Å². The van der Waals surface area contributed by atoms with E-state index < -0.39 is 5.97 Å². The Morgan fingerprint density at radius 1 is 1.19 bits per heavy atom. The van der Waals surface area contributed by atoms with Crippen molar-refractivity contribution in [2.75, 3.05) is 0 Å². The molecule has 5 heteroatoms. The van der Waals surface area contributed by atoms with Crippen LogP contribution in [0.3, 0.4) is 0 Å². The summed E-state index contributed by atoms with van der Waals surface area (Å²) in [5, 5.41) is 10.3. The molecule has 3 rings (SSSR count). The van der Waals surface area contributed by atoms with Crippen molar-refractivity contribution in [1.82, 2.24) is 0 Å². The molecule has 0 amide bonds. The van der Waals surface area contributed by atoms with Crippen molar-refractivity contribution in [1.29, 1.82) is 0 Å². The van der Waals surface area contributed by atoms with E-state index in [0.717, 1.165) is 25.0 Å². The number of benzene rings is 2. The lowest BCUT2D eigenvalue weighted by molar-refractivity contribution is 0.0699. The standard InChI is InChI=1S/C16H11IO3S/c17-10-4-3-5-11(8-10)20-9-13-12-6-1-2-7-14(12)21-15(13)16(18)19/h1-8H,9H2,(H,18,19). The third-order valence-electron chi connectivity index (χ3n) is 3.07. The highest BCUT2D eigenvalue weighted by atomic mass is 127. The van der Waals surface area contributed by atoms with Gasteiger partial charge in [-0.1, -0.05) is 24.3 Å². The van der Waals surface area contributed by atoms with Crippen LogP contribution in [0.15, 0.2) is 48.5 Å². The van der Waals surface area contributed by atoms with Crippen LogP contribution in [0.25, 0.3) is 10.1 Å². The molecule has 3 nitrogen and oxygen atoms in total. The maximum absolute atomic E-state index is 11.4. The average molecular weight is 410 g/mol. The molecular weight excluding hydrogens is 399 g/mol. The summed E-state index contributed by atoms with van der Waals surface area (Å²) in [4.78, 5) is 11.8. The summed E-state index contributed by atoms with van der Waals surface area (Å²) < 4.78 is 7.82. The van der Waals surface area contributed by atoms with E-state index in [0.29, 0.717) is 4.88 Å². The Labute approximate surface area is 139 Å². The Balaban J connectivity index is 1.95. The van der Waals surface area contributed by atoms with E-state index >= 15 is 0 Å². The van der Waals surface area contributed by atoms with Crippen molar-refractivity contribution in [3.8, 4) is 5.75 Å². The van der Waals surface area contributed by atoms with Gasteiger partial charge >= 0.3 is 5.97 Å². The lowest BCUT2D eigenvalue weighted by atomic mass is 10.1. The Kier molecular flexibility index (Phi) is 4.12. The van der Waals surface area contributed by atoms with E-state index in [-0.39, 0.29) is 6.61 Å². The van der Waals surface area contributed by atoms with E-state index in [9.17, 15) is 9.90 Å². The summed E-state index contributed by atoms with van der Waals surface area (Å²) in [6.45, 7) is 0.256. The Morgan fingerprint density at radius 2 is 2.00 bits per heavy atom. The van der Waals surface area contributed by atoms with Gasteiger partial charge in [-0.25, -0.2) is 4.79 Å². The summed E-state index contributed by atoms with van der Waals surface area (Å²) in [5.41, 5.74) is 0.738. The van der Waals surface area contributed by atoms with Crippen LogP contribution in [-0.2, 0) is 6.61 Å². The largest absolute Gasteiger partial charge is 0.489 e. The maximum atomic E-state index is 11.4. The number of rotatable bonds is 4. The van der Waals surface area contributed by atoms with Gasteiger partial charge in [0.05, 0.1) is 0 Å². The topological polar surface area (TPSA) is 46.5 Å². The molecule has 1 heterocycles. The van der Waals surface area contributed by atoms with Gasteiger partial charge in [-0.2, -0.15) is 0 Å². The number of carboxylic acids is 1. The molecule has 0 saturated carbocycles. The van der Waals surface area contributed by atoms with Crippen LogP contribution in [0.2, 0.25) is 0 Å². The van der Waals surface area contributed by atoms with Crippen molar-refractivity contribution < 1.29 is 14.6 Å². The predicted molar refractivity (Wildman–Crippen MR) is 92.3 cm³/mol. The molecule has 0 saturated heterocycles. The number of ether oxygens (including phenoxy) is 1. The fourth-order valence-corrected chi connectivity index (χ4v) is 3.69. The van der Waals surface area contributed by atoms with Crippen LogP contribution >= 0.6 is 33.9 Å². The minimum absolute atomic E-state index is 0.256. The van der Waals surface area contributed by atoms with E-state index in [1.54, 1.807) is 0 Å². The van der Waals surface area contributed by atoms with Crippen LogP contribution in [0.4, 0.5) is 0 Å². The van der Waals surface area contributed by atoms with Crippen LogP contribution in [0, 0.1) is 3.57 Å². The minimum Gasteiger partial charge on any atom is -0.489 e. The number of aromatic carboxylic acids is 1. The summed E-state index contributed by atoms with van der Waals surface area (Å²) in [5.74, 6) is -0.161. The smallest absolute Gasteiger partial charge is 0.346 e. The first-order chi connectivity index (χ1) is 10.1. The monoisotopic (exact) mass is 410 g/mol. The fourth-order valence-electron chi connectivity index (χ4n) is 2.13. The van der Waals surface area contributed by atoms with E-state index in [1.807, 2.05) is 48.5 Å². The van der Waals surface area contributed by atoms with Crippen LogP contribution in [0.5, 0.6) is 5.75 Å². The van der Waals surface area contributed by atoms with Crippen molar-refractivity contribution in [2.45, 2.75) is 6.61 Å². The Bertz CT molecular complexity index is 810. The Hall–Kier alpha value is -1.60. The summed E-state index contributed by atoms with van der Waals surface area (Å²) in [6.07, 6.45) is 0. The highest BCUT2D eigenvalue weighted by Gasteiger charge is 2.17. The molecule has 1 aromatic heterocycles. The maximum Gasteiger partial charge on any atom is 0.346 e. The van der Waals surface area contributed by atoms with Gasteiger partial charge in [-0.15, -0.1) is 11.3 Å². The summed E-state index contributed by atoms with van der Waals surface area (Å²) >= 11 is 3.51. The number of carbonyl (C=O) groups is 1. The molecule has 21 heavy (non-hydrogen) atoms. The third kappa shape index (κ3) is 3.03. The number of hydrogen-bond acceptors (Lipinski definition) is 3. The molecule has 3 aromatic rings. The number of carboxylic acid groups (broad SMARTS) is 1. The number of halogens is 1. The van der Waals surface area contributed by atoms with Gasteiger partial charge < -0.3 is 9.84 Å². The van der Waals surface area contributed by atoms with Crippen molar-refractivity contribution in [3.63, 3.8) is 0 Å². The first-order valence-electron chi connectivity index (χ1n) is 6.27. The molecule has 106 valence electrons. The van der Waals surface area contributed by atoms with E-state index in [1.165, 1.54) is 11.3 Å². The van der Waals surface area contributed by atoms with Gasteiger partial charge in [0.15, 0.2) is 0 Å². The quantitative estimate of drug-likeness (QED) is 0.630. The predicted octanol–water partition coefficient (Wildman–Crippen LogP) is 4.78. The molecule has 0 bridgehead atoms. The first-order valence-corrected chi connectivity index (χ1v) is 8.17. The third-order valence-corrected chi connectivity index (χ3v) is 4.94. The van der Waals surface area contributed by atoms with E-state index in [4.69, 9.17) is 4.74 Å². The van der Waals surface area contributed by atoms with Gasteiger partial charge in [0.2, 0.25) is 0 Å². The van der Waals surface area contributed by atoms with Crippen LogP contribution in [0.1, 0.15) is 15.2 Å². The SMILES string of the molecule is O=C(O)c1sc2ccccc2c1COc1cccc(I)c1. The highest BCUT2D eigenvalue weighted by molar-refractivity contribution is 14.1. The van der Waals surface area contributed by atoms with Gasteiger partial charge in [-0.3, -0.25) is 0 Å².